The predicted molar refractivity (Wildman–Crippen MR) is 45.4 cm³/mol. The Balaban J connectivity index is 3.26. The van der Waals surface area contributed by atoms with Crippen molar-refractivity contribution in [3.05, 3.63) is 35.1 Å². The van der Waals surface area contributed by atoms with Gasteiger partial charge in [0.15, 0.2) is 0 Å². The fourth-order valence-corrected chi connectivity index (χ4v) is 1.35. The summed E-state index contributed by atoms with van der Waals surface area (Å²) in [6, 6.07) is 3.78. The zero-order valence-electron chi connectivity index (χ0n) is 7.52. The Morgan fingerprint density at radius 2 is 1.77 bits per heavy atom. The maximum Gasteiger partial charge on any atom is 0.264 e. The van der Waals surface area contributed by atoms with Gasteiger partial charge >= 0.3 is 0 Å². The highest BCUT2D eigenvalue weighted by Gasteiger charge is 2.18. The van der Waals surface area contributed by atoms with Crippen molar-refractivity contribution >= 4 is 0 Å². The molecule has 1 rings (SSSR count). The van der Waals surface area contributed by atoms with Gasteiger partial charge in [-0.05, 0) is 17.5 Å². The molecule has 1 aromatic rings. The molecule has 0 atom stereocenters. The van der Waals surface area contributed by atoms with Crippen molar-refractivity contribution < 1.29 is 13.2 Å². The van der Waals surface area contributed by atoms with Crippen LogP contribution in [-0.4, -0.2) is 0 Å². The van der Waals surface area contributed by atoms with Gasteiger partial charge in [-0.1, -0.05) is 26.0 Å². The van der Waals surface area contributed by atoms with Crippen LogP contribution in [0.25, 0.3) is 0 Å². The van der Waals surface area contributed by atoms with Crippen LogP contribution in [0, 0.1) is 5.82 Å². The lowest BCUT2D eigenvalue weighted by molar-refractivity contribution is 0.149. The first-order valence-corrected chi connectivity index (χ1v) is 4.10. The summed E-state index contributed by atoms with van der Waals surface area (Å²) in [5, 5.41) is 0. The molecule has 13 heavy (non-hydrogen) atoms. The van der Waals surface area contributed by atoms with Gasteiger partial charge in [0, 0.05) is 5.56 Å². The second-order valence-electron chi connectivity index (χ2n) is 3.20. The summed E-state index contributed by atoms with van der Waals surface area (Å²) < 4.78 is 37.9. The molecule has 0 saturated carbocycles. The van der Waals surface area contributed by atoms with E-state index in [4.69, 9.17) is 0 Å². The Kier molecular flexibility index (Phi) is 2.96. The van der Waals surface area contributed by atoms with Crippen molar-refractivity contribution in [3.63, 3.8) is 0 Å². The highest BCUT2D eigenvalue weighted by Crippen LogP contribution is 2.29. The largest absolute Gasteiger partial charge is 0.264 e. The lowest BCUT2D eigenvalue weighted by Gasteiger charge is -2.12. The second-order valence-corrected chi connectivity index (χ2v) is 3.20. The van der Waals surface area contributed by atoms with E-state index in [1.54, 1.807) is 13.8 Å². The summed E-state index contributed by atoms with van der Waals surface area (Å²) >= 11 is 0. The summed E-state index contributed by atoms with van der Waals surface area (Å²) in [5.41, 5.74) is -0.0764. The quantitative estimate of drug-likeness (QED) is 0.660. The van der Waals surface area contributed by atoms with Gasteiger partial charge in [0.1, 0.15) is 5.82 Å². The van der Waals surface area contributed by atoms with Crippen molar-refractivity contribution in [2.45, 2.75) is 26.2 Å². The molecule has 0 aliphatic carbocycles. The third-order valence-corrected chi connectivity index (χ3v) is 1.90. The molecule has 0 aliphatic heterocycles. The van der Waals surface area contributed by atoms with Crippen LogP contribution in [0.5, 0.6) is 0 Å². The summed E-state index contributed by atoms with van der Waals surface area (Å²) in [7, 11) is 0. The molecule has 72 valence electrons. The third kappa shape index (κ3) is 2.02. The lowest BCUT2D eigenvalue weighted by atomic mass is 9.97. The monoisotopic (exact) mass is 188 g/mol. The molecule has 0 unspecified atom stereocenters. The number of halogens is 3. The fourth-order valence-electron chi connectivity index (χ4n) is 1.35. The second kappa shape index (κ2) is 3.81. The van der Waals surface area contributed by atoms with Crippen molar-refractivity contribution in [2.75, 3.05) is 0 Å². The smallest absolute Gasteiger partial charge is 0.207 e. The molecule has 0 radical (unpaired) electrons. The molecule has 0 spiro atoms. The average Bonchev–Trinajstić information content (AvgIpc) is 2.02. The molecular weight excluding hydrogens is 177 g/mol. The van der Waals surface area contributed by atoms with Crippen LogP contribution in [-0.2, 0) is 0 Å². The number of rotatable bonds is 2. The molecule has 3 heteroatoms. The summed E-state index contributed by atoms with van der Waals surface area (Å²) in [6.45, 7) is 3.40. The van der Waals surface area contributed by atoms with Crippen LogP contribution < -0.4 is 0 Å². The van der Waals surface area contributed by atoms with Gasteiger partial charge < -0.3 is 0 Å². The molecule has 1 aromatic carbocycles. The first kappa shape index (κ1) is 10.1. The van der Waals surface area contributed by atoms with Crippen molar-refractivity contribution in [3.8, 4) is 0 Å². The third-order valence-electron chi connectivity index (χ3n) is 1.90. The summed E-state index contributed by atoms with van der Waals surface area (Å²) in [4.78, 5) is 0. The van der Waals surface area contributed by atoms with Crippen molar-refractivity contribution in [1.29, 1.82) is 0 Å². The molecule has 0 amide bonds. The molecule has 0 fully saturated rings. The van der Waals surface area contributed by atoms with E-state index in [-0.39, 0.29) is 17.0 Å². The average molecular weight is 188 g/mol. The molecule has 0 heterocycles. The standard InChI is InChI=1S/C10H11F3/c1-6(2)9-7(10(12)13)4-3-5-8(9)11/h3-6,10H,1-2H3. The zero-order valence-corrected chi connectivity index (χ0v) is 7.52. The molecular formula is C10H11F3. The van der Waals surface area contributed by atoms with Gasteiger partial charge in [-0.3, -0.25) is 0 Å². The van der Waals surface area contributed by atoms with E-state index in [0.717, 1.165) is 0 Å². The van der Waals surface area contributed by atoms with E-state index in [1.165, 1.54) is 18.2 Å². The topological polar surface area (TPSA) is 0 Å². The Morgan fingerprint density at radius 1 is 1.15 bits per heavy atom. The minimum atomic E-state index is -2.60. The summed E-state index contributed by atoms with van der Waals surface area (Å²) in [5.74, 6) is -0.766. The van der Waals surface area contributed by atoms with Crippen LogP contribution in [0.1, 0.15) is 37.3 Å². The van der Waals surface area contributed by atoms with Gasteiger partial charge in [0.2, 0.25) is 0 Å². The molecule has 0 bridgehead atoms. The maximum absolute atomic E-state index is 13.1. The number of hydrogen-bond donors (Lipinski definition) is 0. The van der Waals surface area contributed by atoms with Gasteiger partial charge in [-0.15, -0.1) is 0 Å². The normalized spacial score (nSPS) is 11.3. The fraction of sp³-hybridized carbons (Fsp3) is 0.400. The first-order valence-electron chi connectivity index (χ1n) is 4.10. The Morgan fingerprint density at radius 3 is 2.15 bits per heavy atom. The van der Waals surface area contributed by atoms with Gasteiger partial charge in [0.25, 0.3) is 6.43 Å². The number of alkyl halides is 2. The minimum absolute atomic E-state index is 0.123. The minimum Gasteiger partial charge on any atom is -0.207 e. The number of hydrogen-bond acceptors (Lipinski definition) is 0. The Bertz CT molecular complexity index is 292. The Hall–Kier alpha value is -0.990. The van der Waals surface area contributed by atoms with E-state index in [1.807, 2.05) is 0 Å². The molecule has 0 N–H and O–H groups in total. The highest BCUT2D eigenvalue weighted by molar-refractivity contribution is 5.32. The van der Waals surface area contributed by atoms with Gasteiger partial charge in [-0.25, -0.2) is 13.2 Å². The lowest BCUT2D eigenvalue weighted by Crippen LogP contribution is -2.00. The van der Waals surface area contributed by atoms with Crippen LogP contribution in [0.2, 0.25) is 0 Å². The van der Waals surface area contributed by atoms with Crippen molar-refractivity contribution in [2.24, 2.45) is 0 Å². The molecule has 0 nitrogen and oxygen atoms in total. The van der Waals surface area contributed by atoms with E-state index in [2.05, 4.69) is 0 Å². The van der Waals surface area contributed by atoms with Gasteiger partial charge in [0.05, 0.1) is 0 Å². The molecule has 0 aromatic heterocycles. The van der Waals surface area contributed by atoms with Crippen LogP contribution in [0.4, 0.5) is 13.2 Å². The van der Waals surface area contributed by atoms with Crippen LogP contribution in [0.15, 0.2) is 18.2 Å². The maximum atomic E-state index is 13.1. The van der Waals surface area contributed by atoms with Gasteiger partial charge in [-0.2, -0.15) is 0 Å². The van der Waals surface area contributed by atoms with E-state index < -0.39 is 12.2 Å². The molecule has 0 aliphatic rings. The summed E-state index contributed by atoms with van der Waals surface area (Å²) in [6.07, 6.45) is -2.60. The predicted octanol–water partition coefficient (Wildman–Crippen LogP) is 3.89. The molecule has 0 saturated heterocycles. The zero-order chi connectivity index (χ0) is 10.0. The highest BCUT2D eigenvalue weighted by atomic mass is 19.3. The van der Waals surface area contributed by atoms with E-state index >= 15 is 0 Å². The van der Waals surface area contributed by atoms with E-state index in [0.29, 0.717) is 0 Å². The SMILES string of the molecule is CC(C)c1c(F)cccc1C(F)F. The van der Waals surface area contributed by atoms with Crippen LogP contribution in [0.3, 0.4) is 0 Å². The van der Waals surface area contributed by atoms with E-state index in [9.17, 15) is 13.2 Å². The van der Waals surface area contributed by atoms with Crippen LogP contribution >= 0.6 is 0 Å². The Labute approximate surface area is 75.4 Å². The first-order chi connectivity index (χ1) is 6.04. The number of benzene rings is 1. The van der Waals surface area contributed by atoms with Crippen molar-refractivity contribution in [1.82, 2.24) is 0 Å².